The largest absolute Gasteiger partial charge is 0.508 e. The summed E-state index contributed by atoms with van der Waals surface area (Å²) < 4.78 is 27.0. The van der Waals surface area contributed by atoms with E-state index in [1.165, 1.54) is 17.1 Å². The molecule has 0 radical (unpaired) electrons. The maximum absolute atomic E-state index is 12.5. The second kappa shape index (κ2) is 4.04. The minimum absolute atomic E-state index is 0.135. The zero-order chi connectivity index (χ0) is 13.6. The van der Waals surface area contributed by atoms with Crippen LogP contribution in [0.1, 0.15) is 12.1 Å². The summed E-state index contributed by atoms with van der Waals surface area (Å²) in [5.74, 6) is 0.135. The second-order valence-electron chi connectivity index (χ2n) is 4.21. The lowest BCUT2D eigenvalue weighted by Gasteiger charge is -2.02. The first kappa shape index (κ1) is 11.6. The Labute approximate surface area is 106 Å². The average molecular weight is 264 g/mol. The molecule has 1 aromatic carbocycles. The van der Waals surface area contributed by atoms with Gasteiger partial charge in [0, 0.05) is 11.5 Å². The molecule has 0 saturated carbocycles. The highest BCUT2D eigenvalue weighted by Crippen LogP contribution is 2.26. The third-order valence-electron chi connectivity index (χ3n) is 2.92. The predicted octanol–water partition coefficient (Wildman–Crippen LogP) is 2.63. The van der Waals surface area contributed by atoms with Crippen molar-refractivity contribution in [2.75, 3.05) is 0 Å². The maximum atomic E-state index is 12.5. The van der Waals surface area contributed by atoms with E-state index in [2.05, 4.69) is 10.2 Å². The third-order valence-corrected chi connectivity index (χ3v) is 2.92. The van der Waals surface area contributed by atoms with Crippen molar-refractivity contribution in [3.63, 3.8) is 0 Å². The maximum Gasteiger partial charge on any atom is 0.333 e. The van der Waals surface area contributed by atoms with Gasteiger partial charge in [0.2, 0.25) is 0 Å². The van der Waals surface area contributed by atoms with E-state index in [0.29, 0.717) is 15.9 Å². The van der Waals surface area contributed by atoms with E-state index in [0.717, 1.165) is 10.9 Å². The number of aryl methyl sites for hydroxylation is 1. The Hall–Kier alpha value is -2.44. The van der Waals surface area contributed by atoms with Crippen molar-refractivity contribution < 1.29 is 13.9 Å². The molecule has 1 N–H and O–H groups in total. The van der Waals surface area contributed by atoms with Crippen molar-refractivity contribution in [1.29, 1.82) is 0 Å². The van der Waals surface area contributed by atoms with Crippen LogP contribution in [0, 0.1) is 6.92 Å². The Morgan fingerprint density at radius 1 is 1.21 bits per heavy atom. The van der Waals surface area contributed by atoms with Crippen molar-refractivity contribution in [3.05, 3.63) is 36.3 Å². The highest BCUT2D eigenvalue weighted by atomic mass is 19.3. The van der Waals surface area contributed by atoms with E-state index >= 15 is 0 Å². The van der Waals surface area contributed by atoms with Gasteiger partial charge in [0.25, 0.3) is 0 Å². The summed E-state index contributed by atoms with van der Waals surface area (Å²) in [5.41, 5.74) is 1.78. The van der Waals surface area contributed by atoms with E-state index < -0.39 is 6.55 Å². The van der Waals surface area contributed by atoms with Gasteiger partial charge >= 0.3 is 6.55 Å². The van der Waals surface area contributed by atoms with Crippen molar-refractivity contribution in [3.8, 4) is 11.4 Å². The lowest BCUT2D eigenvalue weighted by Crippen LogP contribution is -1.98. The molecule has 0 fully saturated rings. The number of alkyl halides is 2. The van der Waals surface area contributed by atoms with Gasteiger partial charge in [0.1, 0.15) is 11.4 Å². The number of fused-ring (bicyclic) bond motifs is 1. The van der Waals surface area contributed by atoms with Gasteiger partial charge in [-0.2, -0.15) is 19.0 Å². The second-order valence-corrected chi connectivity index (χ2v) is 4.21. The summed E-state index contributed by atoms with van der Waals surface area (Å²) in [7, 11) is 0. The molecule has 0 aliphatic heterocycles. The molecule has 3 rings (SSSR count). The Morgan fingerprint density at radius 2 is 2.00 bits per heavy atom. The number of phenols is 1. The number of rotatable bonds is 2. The Kier molecular flexibility index (Phi) is 2.48. The van der Waals surface area contributed by atoms with Crippen molar-refractivity contribution in [2.24, 2.45) is 0 Å². The van der Waals surface area contributed by atoms with Crippen LogP contribution in [0.3, 0.4) is 0 Å². The van der Waals surface area contributed by atoms with Gasteiger partial charge in [-0.1, -0.05) is 0 Å². The SMILES string of the molecule is Cc1cc2cnn(-c3cnn(C(F)F)c3)c2cc1O. The number of aromatic hydroxyl groups is 1. The number of hydrogen-bond donors (Lipinski definition) is 1. The highest BCUT2D eigenvalue weighted by molar-refractivity contribution is 5.82. The fourth-order valence-electron chi connectivity index (χ4n) is 1.93. The molecule has 0 spiro atoms. The van der Waals surface area contributed by atoms with Gasteiger partial charge in [-0.25, -0.2) is 9.36 Å². The van der Waals surface area contributed by atoms with Crippen LogP contribution in [0.2, 0.25) is 0 Å². The van der Waals surface area contributed by atoms with Crippen LogP contribution in [0.4, 0.5) is 8.78 Å². The zero-order valence-electron chi connectivity index (χ0n) is 9.96. The van der Waals surface area contributed by atoms with Crippen molar-refractivity contribution >= 4 is 10.9 Å². The number of hydrogen-bond acceptors (Lipinski definition) is 3. The van der Waals surface area contributed by atoms with E-state index in [1.807, 2.05) is 0 Å². The normalized spacial score (nSPS) is 11.6. The van der Waals surface area contributed by atoms with Crippen LogP contribution in [0.5, 0.6) is 5.75 Å². The molecule has 0 unspecified atom stereocenters. The van der Waals surface area contributed by atoms with Crippen LogP contribution in [0.15, 0.2) is 30.7 Å². The number of benzene rings is 1. The summed E-state index contributed by atoms with van der Waals surface area (Å²) in [6.45, 7) is -0.910. The smallest absolute Gasteiger partial charge is 0.333 e. The van der Waals surface area contributed by atoms with Gasteiger partial charge in [-0.15, -0.1) is 0 Å². The van der Waals surface area contributed by atoms with Crippen LogP contribution < -0.4 is 0 Å². The van der Waals surface area contributed by atoms with Crippen LogP contribution >= 0.6 is 0 Å². The first-order valence-corrected chi connectivity index (χ1v) is 5.56. The molecule has 5 nitrogen and oxygen atoms in total. The molecule has 0 atom stereocenters. The molecule has 0 bridgehead atoms. The van der Waals surface area contributed by atoms with Crippen LogP contribution in [0.25, 0.3) is 16.6 Å². The molecule has 98 valence electrons. The minimum atomic E-state index is -2.69. The van der Waals surface area contributed by atoms with Crippen molar-refractivity contribution in [1.82, 2.24) is 19.6 Å². The summed E-state index contributed by atoms with van der Waals surface area (Å²) in [4.78, 5) is 0. The molecular formula is C12H10F2N4O. The molecule has 3 aromatic rings. The van der Waals surface area contributed by atoms with E-state index in [9.17, 15) is 13.9 Å². The molecule has 0 aliphatic carbocycles. The predicted molar refractivity (Wildman–Crippen MR) is 64.5 cm³/mol. The lowest BCUT2D eigenvalue weighted by molar-refractivity contribution is 0.0566. The monoisotopic (exact) mass is 264 g/mol. The highest BCUT2D eigenvalue weighted by Gasteiger charge is 2.12. The van der Waals surface area contributed by atoms with E-state index in [1.54, 1.807) is 25.3 Å². The minimum Gasteiger partial charge on any atom is -0.508 e. The Bertz CT molecular complexity index is 747. The molecular weight excluding hydrogens is 254 g/mol. The fourth-order valence-corrected chi connectivity index (χ4v) is 1.93. The van der Waals surface area contributed by atoms with Crippen LogP contribution in [-0.2, 0) is 0 Å². The molecule has 2 heterocycles. The van der Waals surface area contributed by atoms with Gasteiger partial charge in [-0.3, -0.25) is 0 Å². The Morgan fingerprint density at radius 3 is 2.68 bits per heavy atom. The van der Waals surface area contributed by atoms with Crippen LogP contribution in [-0.4, -0.2) is 24.7 Å². The molecule has 7 heteroatoms. The van der Waals surface area contributed by atoms with Gasteiger partial charge in [0.15, 0.2) is 0 Å². The third kappa shape index (κ3) is 1.83. The topological polar surface area (TPSA) is 55.9 Å². The van der Waals surface area contributed by atoms with E-state index in [4.69, 9.17) is 0 Å². The first-order valence-electron chi connectivity index (χ1n) is 5.56. The summed E-state index contributed by atoms with van der Waals surface area (Å²) in [6.07, 6.45) is 4.12. The molecule has 0 amide bonds. The average Bonchev–Trinajstić information content (AvgIpc) is 2.96. The molecule has 2 aromatic heterocycles. The summed E-state index contributed by atoms with van der Waals surface area (Å²) in [5, 5.41) is 18.2. The van der Waals surface area contributed by atoms with Gasteiger partial charge < -0.3 is 5.11 Å². The zero-order valence-corrected chi connectivity index (χ0v) is 9.96. The fraction of sp³-hybridized carbons (Fsp3) is 0.167. The van der Waals surface area contributed by atoms with Gasteiger partial charge in [0.05, 0.1) is 24.1 Å². The molecule has 0 aliphatic rings. The number of nitrogens with zero attached hydrogens (tertiary/aromatic N) is 4. The number of halogens is 2. The standard InChI is InChI=1S/C12H10F2N4O/c1-7-2-8-4-16-18(10(8)3-11(7)19)9-5-15-17(6-9)12(13)14/h2-6,12,19H,1H3. The number of aromatic nitrogens is 4. The first-order chi connectivity index (χ1) is 9.06. The quantitative estimate of drug-likeness (QED) is 0.774. The molecule has 19 heavy (non-hydrogen) atoms. The number of phenolic OH excluding ortho intramolecular Hbond substituents is 1. The Balaban J connectivity index is 2.16. The van der Waals surface area contributed by atoms with Gasteiger partial charge in [-0.05, 0) is 18.6 Å². The summed E-state index contributed by atoms with van der Waals surface area (Å²) in [6, 6.07) is 3.34. The van der Waals surface area contributed by atoms with E-state index in [-0.39, 0.29) is 5.75 Å². The lowest BCUT2D eigenvalue weighted by atomic mass is 10.1. The molecule has 0 saturated heterocycles. The van der Waals surface area contributed by atoms with Crippen molar-refractivity contribution in [2.45, 2.75) is 13.5 Å². The summed E-state index contributed by atoms with van der Waals surface area (Å²) >= 11 is 0.